The van der Waals surface area contributed by atoms with Gasteiger partial charge in [-0.15, -0.1) is 11.8 Å². The van der Waals surface area contributed by atoms with Crippen molar-refractivity contribution >= 4 is 29.6 Å². The molecule has 132 valence electrons. The van der Waals surface area contributed by atoms with Crippen LogP contribution in [-0.2, 0) is 9.63 Å². The lowest BCUT2D eigenvalue weighted by molar-refractivity contribution is -0.120. The third kappa shape index (κ3) is 5.42. The lowest BCUT2D eigenvalue weighted by Crippen LogP contribution is -2.16. The van der Waals surface area contributed by atoms with Crippen LogP contribution in [0.5, 0.6) is 11.5 Å². The fourth-order valence-corrected chi connectivity index (χ4v) is 2.56. The van der Waals surface area contributed by atoms with Gasteiger partial charge >= 0.3 is 0 Å². The van der Waals surface area contributed by atoms with E-state index in [-0.39, 0.29) is 12.5 Å². The first-order chi connectivity index (χ1) is 12.2. The molecule has 0 aliphatic carbocycles. The van der Waals surface area contributed by atoms with E-state index in [1.54, 1.807) is 32.0 Å². The molecule has 6 nitrogen and oxygen atoms in total. The van der Waals surface area contributed by atoms with E-state index in [4.69, 9.17) is 14.3 Å². The van der Waals surface area contributed by atoms with E-state index in [0.29, 0.717) is 17.1 Å². The molecule has 2 aromatic rings. The quantitative estimate of drug-likeness (QED) is 0.444. The number of anilines is 1. The Morgan fingerprint density at radius 1 is 1.20 bits per heavy atom. The Kier molecular flexibility index (Phi) is 7.16. The van der Waals surface area contributed by atoms with Gasteiger partial charge < -0.3 is 19.6 Å². The van der Waals surface area contributed by atoms with Crippen molar-refractivity contribution in [3.8, 4) is 11.5 Å². The SMILES string of the molecule is COc1cccc(/C=N\OCC(=O)Nc2cccc(SC)c2)c1OC. The van der Waals surface area contributed by atoms with E-state index in [1.807, 2.05) is 42.7 Å². The van der Waals surface area contributed by atoms with Gasteiger partial charge in [-0.1, -0.05) is 17.3 Å². The van der Waals surface area contributed by atoms with Gasteiger partial charge in [-0.2, -0.15) is 0 Å². The number of rotatable bonds is 8. The number of benzene rings is 2. The second-order valence-corrected chi connectivity index (χ2v) is 5.75. The third-order valence-corrected chi connectivity index (χ3v) is 3.97. The summed E-state index contributed by atoms with van der Waals surface area (Å²) in [5.41, 5.74) is 1.41. The van der Waals surface area contributed by atoms with Gasteiger partial charge in [0.1, 0.15) is 0 Å². The van der Waals surface area contributed by atoms with Crippen molar-refractivity contribution in [2.24, 2.45) is 5.16 Å². The van der Waals surface area contributed by atoms with Crippen LogP contribution in [0.1, 0.15) is 5.56 Å². The molecule has 0 radical (unpaired) electrons. The Morgan fingerprint density at radius 2 is 2.00 bits per heavy atom. The Balaban J connectivity index is 1.89. The van der Waals surface area contributed by atoms with Gasteiger partial charge in [-0.05, 0) is 36.6 Å². The number of amides is 1. The molecular weight excluding hydrogens is 340 g/mol. The summed E-state index contributed by atoms with van der Waals surface area (Å²) in [4.78, 5) is 18.0. The minimum atomic E-state index is -0.284. The van der Waals surface area contributed by atoms with Crippen molar-refractivity contribution in [3.63, 3.8) is 0 Å². The second-order valence-electron chi connectivity index (χ2n) is 4.87. The first-order valence-corrected chi connectivity index (χ1v) is 8.70. The van der Waals surface area contributed by atoms with E-state index in [1.165, 1.54) is 6.21 Å². The number of nitrogens with zero attached hydrogens (tertiary/aromatic N) is 1. The van der Waals surface area contributed by atoms with Gasteiger partial charge in [0.15, 0.2) is 18.1 Å². The molecule has 0 heterocycles. The van der Waals surface area contributed by atoms with Crippen LogP contribution in [0, 0.1) is 0 Å². The lowest BCUT2D eigenvalue weighted by atomic mass is 10.2. The van der Waals surface area contributed by atoms with Gasteiger partial charge in [0.05, 0.1) is 20.4 Å². The highest BCUT2D eigenvalue weighted by Gasteiger charge is 2.08. The van der Waals surface area contributed by atoms with Crippen LogP contribution in [0.15, 0.2) is 52.5 Å². The number of hydrogen-bond acceptors (Lipinski definition) is 6. The normalized spacial score (nSPS) is 10.5. The Bertz CT molecular complexity index is 750. The van der Waals surface area contributed by atoms with Crippen molar-refractivity contribution in [3.05, 3.63) is 48.0 Å². The summed E-state index contributed by atoms with van der Waals surface area (Å²) in [6.07, 6.45) is 3.45. The zero-order valence-corrected chi connectivity index (χ0v) is 15.1. The maximum absolute atomic E-state index is 11.9. The van der Waals surface area contributed by atoms with Crippen LogP contribution in [0.2, 0.25) is 0 Å². The van der Waals surface area contributed by atoms with E-state index < -0.39 is 0 Å². The smallest absolute Gasteiger partial charge is 0.265 e. The molecule has 0 aliphatic heterocycles. The molecule has 2 aromatic carbocycles. The molecule has 25 heavy (non-hydrogen) atoms. The predicted octanol–water partition coefficient (Wildman–Crippen LogP) is 3.41. The zero-order chi connectivity index (χ0) is 18.1. The fraction of sp³-hybridized carbons (Fsp3) is 0.222. The molecule has 0 aliphatic rings. The number of oxime groups is 1. The molecule has 0 spiro atoms. The van der Waals surface area contributed by atoms with Crippen LogP contribution in [-0.4, -0.2) is 39.2 Å². The minimum Gasteiger partial charge on any atom is -0.493 e. The molecule has 0 aromatic heterocycles. The van der Waals surface area contributed by atoms with Gasteiger partial charge in [0.25, 0.3) is 5.91 Å². The molecule has 0 saturated heterocycles. The van der Waals surface area contributed by atoms with Crippen molar-refractivity contribution in [1.82, 2.24) is 0 Å². The summed E-state index contributed by atoms with van der Waals surface area (Å²) >= 11 is 1.61. The number of para-hydroxylation sites is 1. The molecule has 0 unspecified atom stereocenters. The molecule has 2 rings (SSSR count). The van der Waals surface area contributed by atoms with E-state index in [9.17, 15) is 4.79 Å². The number of thioether (sulfide) groups is 1. The predicted molar refractivity (Wildman–Crippen MR) is 99.9 cm³/mol. The maximum atomic E-state index is 11.9. The maximum Gasteiger partial charge on any atom is 0.265 e. The second kappa shape index (κ2) is 9.58. The monoisotopic (exact) mass is 360 g/mol. The number of methoxy groups -OCH3 is 2. The first-order valence-electron chi connectivity index (χ1n) is 7.48. The number of nitrogens with one attached hydrogen (secondary N) is 1. The Morgan fingerprint density at radius 3 is 2.72 bits per heavy atom. The van der Waals surface area contributed by atoms with Crippen LogP contribution in [0.25, 0.3) is 0 Å². The van der Waals surface area contributed by atoms with Crippen LogP contribution in [0.4, 0.5) is 5.69 Å². The molecule has 0 saturated carbocycles. The summed E-state index contributed by atoms with van der Waals surface area (Å²) in [5.74, 6) is 0.863. The summed E-state index contributed by atoms with van der Waals surface area (Å²) in [7, 11) is 3.11. The van der Waals surface area contributed by atoms with Crippen LogP contribution < -0.4 is 14.8 Å². The van der Waals surface area contributed by atoms with E-state index >= 15 is 0 Å². The highest BCUT2D eigenvalue weighted by molar-refractivity contribution is 7.98. The molecular formula is C18H20N2O4S. The standard InChI is InChI=1S/C18H20N2O4S/c1-22-16-9-4-6-13(18(16)23-2)11-19-24-12-17(21)20-14-7-5-8-15(10-14)25-3/h4-11H,12H2,1-3H3,(H,20,21)/b19-11-. The summed E-state index contributed by atoms with van der Waals surface area (Å²) in [6.45, 7) is -0.188. The Hall–Kier alpha value is -2.67. The number of ether oxygens (including phenoxy) is 2. The van der Waals surface area contributed by atoms with Crippen molar-refractivity contribution in [2.75, 3.05) is 32.4 Å². The first kappa shape index (κ1) is 18.7. The van der Waals surface area contributed by atoms with Crippen molar-refractivity contribution in [1.29, 1.82) is 0 Å². The van der Waals surface area contributed by atoms with Gasteiger partial charge in [-0.25, -0.2) is 0 Å². The number of hydrogen-bond donors (Lipinski definition) is 1. The summed E-state index contributed by atoms with van der Waals surface area (Å²) < 4.78 is 10.5. The van der Waals surface area contributed by atoms with Gasteiger partial charge in [0.2, 0.25) is 0 Å². The summed E-state index contributed by atoms with van der Waals surface area (Å²) in [6, 6.07) is 13.0. The molecule has 0 atom stereocenters. The third-order valence-electron chi connectivity index (χ3n) is 3.25. The van der Waals surface area contributed by atoms with Gasteiger partial charge in [0, 0.05) is 16.1 Å². The number of carbonyl (C=O) groups is 1. The fourth-order valence-electron chi connectivity index (χ4n) is 2.10. The molecule has 1 N–H and O–H groups in total. The highest BCUT2D eigenvalue weighted by atomic mass is 32.2. The van der Waals surface area contributed by atoms with Crippen molar-refractivity contribution in [2.45, 2.75) is 4.90 Å². The average Bonchev–Trinajstić information content (AvgIpc) is 2.64. The Labute approximate surface area is 151 Å². The van der Waals surface area contributed by atoms with Gasteiger partial charge in [-0.3, -0.25) is 4.79 Å². The topological polar surface area (TPSA) is 69.2 Å². The average molecular weight is 360 g/mol. The van der Waals surface area contributed by atoms with Crippen molar-refractivity contribution < 1.29 is 19.1 Å². The van der Waals surface area contributed by atoms with E-state index in [2.05, 4.69) is 10.5 Å². The lowest BCUT2D eigenvalue weighted by Gasteiger charge is -2.09. The molecule has 0 fully saturated rings. The number of carbonyl (C=O) groups excluding carboxylic acids is 1. The largest absolute Gasteiger partial charge is 0.493 e. The minimum absolute atomic E-state index is 0.188. The van der Waals surface area contributed by atoms with E-state index in [0.717, 1.165) is 10.6 Å². The molecule has 7 heteroatoms. The summed E-state index contributed by atoms with van der Waals surface area (Å²) in [5, 5.41) is 6.58. The highest BCUT2D eigenvalue weighted by Crippen LogP contribution is 2.29. The van der Waals surface area contributed by atoms with Crippen LogP contribution in [0.3, 0.4) is 0 Å². The zero-order valence-electron chi connectivity index (χ0n) is 14.3. The molecule has 0 bridgehead atoms. The molecule has 1 amide bonds. The van der Waals surface area contributed by atoms with Crippen LogP contribution >= 0.6 is 11.8 Å².